The molecule has 5 nitrogen and oxygen atoms in total. The lowest BCUT2D eigenvalue weighted by molar-refractivity contribution is 0.0948. The molecule has 0 aromatic carbocycles. The van der Waals surface area contributed by atoms with Gasteiger partial charge in [0.15, 0.2) is 0 Å². The van der Waals surface area contributed by atoms with Crippen LogP contribution in [0.4, 0.5) is 0 Å². The van der Waals surface area contributed by atoms with Gasteiger partial charge in [0.2, 0.25) is 0 Å². The van der Waals surface area contributed by atoms with Crippen molar-refractivity contribution in [3.8, 4) is 0 Å². The first-order valence-electron chi connectivity index (χ1n) is 7.00. The van der Waals surface area contributed by atoms with Crippen molar-refractivity contribution in [2.45, 2.75) is 40.0 Å². The number of hydrazone groups is 1. The number of imidazole rings is 1. The molecule has 0 fully saturated rings. The highest BCUT2D eigenvalue weighted by Gasteiger charge is 2.16. The van der Waals surface area contributed by atoms with Crippen LogP contribution in [0.3, 0.4) is 0 Å². The van der Waals surface area contributed by atoms with Gasteiger partial charge in [0, 0.05) is 16.4 Å². The first-order valence-corrected chi connectivity index (χ1v) is 7.80. The van der Waals surface area contributed by atoms with Crippen LogP contribution in [0, 0.1) is 6.92 Å². The fourth-order valence-electron chi connectivity index (χ4n) is 2.10. The minimum absolute atomic E-state index is 0.242. The van der Waals surface area contributed by atoms with Gasteiger partial charge >= 0.3 is 0 Å². The van der Waals surface area contributed by atoms with E-state index in [9.17, 15) is 4.79 Å². The largest absolute Gasteiger partial charge is 0.294 e. The van der Waals surface area contributed by atoms with E-state index in [0.29, 0.717) is 11.4 Å². The minimum atomic E-state index is -0.242. The molecule has 2 heterocycles. The summed E-state index contributed by atoms with van der Waals surface area (Å²) in [4.78, 5) is 16.7. The predicted molar refractivity (Wildman–Crippen MR) is 87.7 cm³/mol. The molecule has 0 aliphatic rings. The highest BCUT2D eigenvalue weighted by molar-refractivity contribution is 9.10. The maximum absolute atomic E-state index is 12.3. The zero-order chi connectivity index (χ0) is 15.4. The van der Waals surface area contributed by atoms with Crippen molar-refractivity contribution in [3.05, 3.63) is 34.2 Å². The van der Waals surface area contributed by atoms with Gasteiger partial charge in [-0.25, -0.2) is 10.4 Å². The number of unbranched alkanes of at least 4 members (excludes halogenated alkanes) is 1. The van der Waals surface area contributed by atoms with Gasteiger partial charge in [-0.1, -0.05) is 13.3 Å². The number of aryl methyl sites for hydroxylation is 1. The van der Waals surface area contributed by atoms with E-state index in [1.807, 2.05) is 32.2 Å². The summed E-state index contributed by atoms with van der Waals surface area (Å²) < 4.78 is 2.66. The highest BCUT2D eigenvalue weighted by Crippen LogP contribution is 2.16. The Morgan fingerprint density at radius 2 is 2.24 bits per heavy atom. The summed E-state index contributed by atoms with van der Waals surface area (Å²) in [6, 6.07) is 3.76. The number of fused-ring (bicyclic) bond motifs is 1. The maximum Gasteiger partial charge on any atom is 0.290 e. The zero-order valence-corrected chi connectivity index (χ0v) is 14.1. The SMILES string of the molecule is CCCC/C(C)=N/NC(=O)c1c(C)nc2ccc(Br)cn12. The van der Waals surface area contributed by atoms with Crippen LogP contribution in [-0.4, -0.2) is 21.0 Å². The van der Waals surface area contributed by atoms with E-state index in [4.69, 9.17) is 0 Å². The summed E-state index contributed by atoms with van der Waals surface area (Å²) in [7, 11) is 0. The number of hydrogen-bond donors (Lipinski definition) is 1. The lowest BCUT2D eigenvalue weighted by atomic mass is 10.2. The number of halogens is 1. The molecule has 1 N–H and O–H groups in total. The van der Waals surface area contributed by atoms with Gasteiger partial charge in [-0.3, -0.25) is 9.20 Å². The molecule has 6 heteroatoms. The van der Waals surface area contributed by atoms with Crippen LogP contribution in [0.2, 0.25) is 0 Å². The number of hydrogen-bond acceptors (Lipinski definition) is 3. The number of aromatic nitrogens is 2. The molecular formula is C15H19BrN4O. The molecule has 0 aliphatic heterocycles. The molecule has 0 saturated heterocycles. The quantitative estimate of drug-likeness (QED) is 0.660. The Balaban J connectivity index is 2.23. The number of amides is 1. The van der Waals surface area contributed by atoms with Crippen molar-refractivity contribution in [2.75, 3.05) is 0 Å². The summed E-state index contributed by atoms with van der Waals surface area (Å²) in [6.45, 7) is 5.88. The summed E-state index contributed by atoms with van der Waals surface area (Å²) in [5, 5.41) is 4.15. The van der Waals surface area contributed by atoms with Gasteiger partial charge < -0.3 is 0 Å². The summed E-state index contributed by atoms with van der Waals surface area (Å²) >= 11 is 3.41. The number of nitrogens with one attached hydrogen (secondary N) is 1. The molecule has 0 spiro atoms. The Hall–Kier alpha value is -1.69. The van der Waals surface area contributed by atoms with Crippen LogP contribution in [-0.2, 0) is 0 Å². The van der Waals surface area contributed by atoms with Crippen molar-refractivity contribution in [2.24, 2.45) is 5.10 Å². The molecule has 21 heavy (non-hydrogen) atoms. The van der Waals surface area contributed by atoms with Crippen LogP contribution < -0.4 is 5.43 Å². The molecule has 0 radical (unpaired) electrons. The van der Waals surface area contributed by atoms with E-state index >= 15 is 0 Å². The third-order valence-corrected chi connectivity index (χ3v) is 3.68. The summed E-state index contributed by atoms with van der Waals surface area (Å²) in [5.41, 5.74) is 5.49. The smallest absolute Gasteiger partial charge is 0.290 e. The van der Waals surface area contributed by atoms with Crippen LogP contribution in [0.15, 0.2) is 27.9 Å². The minimum Gasteiger partial charge on any atom is -0.294 e. The third-order valence-electron chi connectivity index (χ3n) is 3.21. The van der Waals surface area contributed by atoms with E-state index in [2.05, 4.69) is 38.4 Å². The molecule has 0 saturated carbocycles. The maximum atomic E-state index is 12.3. The number of rotatable bonds is 5. The molecule has 0 unspecified atom stereocenters. The molecule has 112 valence electrons. The first kappa shape index (κ1) is 15.7. The molecular weight excluding hydrogens is 332 g/mol. The molecule has 2 aromatic rings. The Kier molecular flexibility index (Phi) is 5.12. The fourth-order valence-corrected chi connectivity index (χ4v) is 2.43. The average molecular weight is 351 g/mol. The number of pyridine rings is 1. The van der Waals surface area contributed by atoms with E-state index in [1.165, 1.54) is 0 Å². The molecule has 2 aromatic heterocycles. The standard InChI is InChI=1S/C15H19BrN4O/c1-4-5-6-10(2)18-19-15(21)14-11(3)17-13-8-7-12(16)9-20(13)14/h7-9H,4-6H2,1-3H3,(H,19,21)/b18-10+. The molecule has 0 atom stereocenters. The van der Waals surface area contributed by atoms with Gasteiger partial charge in [0.05, 0.1) is 5.69 Å². The second-order valence-corrected chi connectivity index (χ2v) is 5.93. The fraction of sp³-hybridized carbons (Fsp3) is 0.400. The monoisotopic (exact) mass is 350 g/mol. The number of carbonyl (C=O) groups excluding carboxylic acids is 1. The average Bonchev–Trinajstić information content (AvgIpc) is 2.77. The third kappa shape index (κ3) is 3.69. The van der Waals surface area contributed by atoms with E-state index in [0.717, 1.165) is 35.1 Å². The van der Waals surface area contributed by atoms with E-state index in [1.54, 1.807) is 4.40 Å². The van der Waals surface area contributed by atoms with Gasteiger partial charge in [-0.15, -0.1) is 0 Å². The Labute approximate surface area is 132 Å². The Morgan fingerprint density at radius 3 is 2.95 bits per heavy atom. The molecule has 1 amide bonds. The van der Waals surface area contributed by atoms with Gasteiger partial charge in [-0.2, -0.15) is 5.10 Å². The van der Waals surface area contributed by atoms with Gasteiger partial charge in [0.1, 0.15) is 11.3 Å². The van der Waals surface area contributed by atoms with Crippen molar-refractivity contribution >= 4 is 33.2 Å². The van der Waals surface area contributed by atoms with Crippen LogP contribution in [0.5, 0.6) is 0 Å². The molecule has 0 aliphatic carbocycles. The van der Waals surface area contributed by atoms with Gasteiger partial charge in [-0.05, 0) is 54.8 Å². The highest BCUT2D eigenvalue weighted by atomic mass is 79.9. The second-order valence-electron chi connectivity index (χ2n) is 5.01. The van der Waals surface area contributed by atoms with Crippen molar-refractivity contribution in [3.63, 3.8) is 0 Å². The zero-order valence-electron chi connectivity index (χ0n) is 12.5. The lowest BCUT2D eigenvalue weighted by Gasteiger charge is -2.04. The van der Waals surface area contributed by atoms with Gasteiger partial charge in [0.25, 0.3) is 5.91 Å². The molecule has 0 bridgehead atoms. The van der Waals surface area contributed by atoms with Crippen LogP contribution in [0.1, 0.15) is 49.3 Å². The number of carbonyl (C=O) groups is 1. The van der Waals surface area contributed by atoms with Crippen molar-refractivity contribution in [1.29, 1.82) is 0 Å². The van der Waals surface area contributed by atoms with Crippen LogP contribution >= 0.6 is 15.9 Å². The summed E-state index contributed by atoms with van der Waals surface area (Å²) in [5.74, 6) is -0.242. The number of nitrogens with zero attached hydrogens (tertiary/aromatic N) is 3. The first-order chi connectivity index (χ1) is 10.0. The predicted octanol–water partition coefficient (Wildman–Crippen LogP) is 3.70. The Bertz CT molecular complexity index is 690. The van der Waals surface area contributed by atoms with E-state index in [-0.39, 0.29) is 5.91 Å². The summed E-state index contributed by atoms with van der Waals surface area (Å²) in [6.07, 6.45) is 4.92. The van der Waals surface area contributed by atoms with Crippen molar-refractivity contribution < 1.29 is 4.79 Å². The van der Waals surface area contributed by atoms with E-state index < -0.39 is 0 Å². The lowest BCUT2D eigenvalue weighted by Crippen LogP contribution is -2.21. The van der Waals surface area contributed by atoms with Crippen molar-refractivity contribution in [1.82, 2.24) is 14.8 Å². The Morgan fingerprint density at radius 1 is 1.48 bits per heavy atom. The van der Waals surface area contributed by atoms with Crippen LogP contribution in [0.25, 0.3) is 5.65 Å². The molecule has 2 rings (SSSR count). The topological polar surface area (TPSA) is 58.8 Å². The second kappa shape index (κ2) is 6.85. The normalized spacial score (nSPS) is 11.9.